The molecular weight excluding hydrogens is 250 g/mol. The molecule has 0 aromatic heterocycles. The molecule has 3 heteroatoms. The fourth-order valence-electron chi connectivity index (χ4n) is 2.81. The van der Waals surface area contributed by atoms with E-state index in [2.05, 4.69) is 0 Å². The molecule has 102 valence electrons. The summed E-state index contributed by atoms with van der Waals surface area (Å²) in [7, 11) is 0. The van der Waals surface area contributed by atoms with Gasteiger partial charge in [-0.3, -0.25) is 4.79 Å². The predicted molar refractivity (Wildman–Crippen MR) is 78.7 cm³/mol. The van der Waals surface area contributed by atoms with Crippen LogP contribution in [0.25, 0.3) is 0 Å². The van der Waals surface area contributed by atoms with Gasteiger partial charge in [-0.15, -0.1) is 0 Å². The van der Waals surface area contributed by atoms with E-state index in [9.17, 15) is 9.90 Å². The number of anilines is 1. The van der Waals surface area contributed by atoms with Gasteiger partial charge in [0.15, 0.2) is 0 Å². The van der Waals surface area contributed by atoms with E-state index in [-0.39, 0.29) is 11.9 Å². The van der Waals surface area contributed by atoms with Gasteiger partial charge in [-0.25, -0.2) is 0 Å². The average molecular weight is 267 g/mol. The Labute approximate surface area is 118 Å². The molecule has 1 aliphatic heterocycles. The highest BCUT2D eigenvalue weighted by Crippen LogP contribution is 2.37. The molecule has 1 heterocycles. The Kier molecular flexibility index (Phi) is 3.28. The van der Waals surface area contributed by atoms with Gasteiger partial charge in [0.05, 0.1) is 11.8 Å². The number of rotatable bonds is 1. The zero-order valence-corrected chi connectivity index (χ0v) is 11.4. The van der Waals surface area contributed by atoms with Crippen LogP contribution in [0.4, 0.5) is 5.69 Å². The Balaban J connectivity index is 2.05. The minimum absolute atomic E-state index is 0.0162. The van der Waals surface area contributed by atoms with Gasteiger partial charge < -0.3 is 10.0 Å². The second kappa shape index (κ2) is 5.10. The largest absolute Gasteiger partial charge is 0.388 e. The molecule has 2 atom stereocenters. The van der Waals surface area contributed by atoms with Gasteiger partial charge in [0.25, 0.3) is 5.91 Å². The van der Waals surface area contributed by atoms with Crippen LogP contribution in [0.15, 0.2) is 54.6 Å². The number of aliphatic hydroxyl groups excluding tert-OH is 1. The summed E-state index contributed by atoms with van der Waals surface area (Å²) in [5.41, 5.74) is 2.31. The summed E-state index contributed by atoms with van der Waals surface area (Å²) in [6.07, 6.45) is 0.0660. The molecule has 0 fully saturated rings. The Hall–Kier alpha value is -2.13. The minimum Gasteiger partial charge on any atom is -0.388 e. The normalized spacial score (nSPS) is 21.4. The second-order valence-electron chi connectivity index (χ2n) is 5.20. The summed E-state index contributed by atoms with van der Waals surface area (Å²) < 4.78 is 0. The first kappa shape index (κ1) is 12.9. The number of fused-ring (bicyclic) bond motifs is 1. The first-order chi connectivity index (χ1) is 9.68. The topological polar surface area (TPSA) is 40.5 Å². The third kappa shape index (κ3) is 2.10. The first-order valence-electron chi connectivity index (χ1n) is 6.84. The van der Waals surface area contributed by atoms with Crippen LogP contribution in [0.2, 0.25) is 0 Å². The summed E-state index contributed by atoms with van der Waals surface area (Å²) in [6, 6.07) is 16.8. The van der Waals surface area contributed by atoms with E-state index in [1.807, 2.05) is 61.5 Å². The number of benzene rings is 2. The van der Waals surface area contributed by atoms with Crippen molar-refractivity contribution in [2.75, 3.05) is 4.90 Å². The molecular formula is C17H17NO2. The van der Waals surface area contributed by atoms with Crippen LogP contribution in [-0.2, 0) is 0 Å². The van der Waals surface area contributed by atoms with Gasteiger partial charge in [-0.1, -0.05) is 36.4 Å². The molecule has 0 aliphatic carbocycles. The van der Waals surface area contributed by atoms with E-state index >= 15 is 0 Å². The predicted octanol–water partition coefficient (Wildman–Crippen LogP) is 3.16. The summed E-state index contributed by atoms with van der Waals surface area (Å²) in [4.78, 5) is 14.5. The van der Waals surface area contributed by atoms with Gasteiger partial charge in [-0.05, 0) is 31.5 Å². The van der Waals surface area contributed by atoms with E-state index in [0.29, 0.717) is 12.0 Å². The summed E-state index contributed by atoms with van der Waals surface area (Å²) in [6.45, 7) is 1.97. The fourth-order valence-corrected chi connectivity index (χ4v) is 2.81. The molecule has 2 aromatic carbocycles. The van der Waals surface area contributed by atoms with Crippen molar-refractivity contribution in [3.63, 3.8) is 0 Å². The van der Waals surface area contributed by atoms with Crippen LogP contribution in [0, 0.1) is 0 Å². The molecule has 20 heavy (non-hydrogen) atoms. The number of hydrogen-bond acceptors (Lipinski definition) is 2. The van der Waals surface area contributed by atoms with Crippen molar-refractivity contribution in [1.29, 1.82) is 0 Å². The van der Waals surface area contributed by atoms with E-state index in [1.54, 1.807) is 4.90 Å². The molecule has 0 unspecified atom stereocenters. The monoisotopic (exact) mass is 267 g/mol. The van der Waals surface area contributed by atoms with Gasteiger partial charge in [-0.2, -0.15) is 0 Å². The molecule has 2 aromatic rings. The summed E-state index contributed by atoms with van der Waals surface area (Å²) in [5, 5.41) is 10.2. The number of hydrogen-bond donors (Lipinski definition) is 1. The van der Waals surface area contributed by atoms with Crippen molar-refractivity contribution in [3.8, 4) is 0 Å². The standard InChI is InChI=1S/C17H17NO2/c1-12-11-16(19)14-9-5-6-10-15(14)18(12)17(20)13-7-3-2-4-8-13/h2-10,12,16,19H,11H2,1H3/t12-,16-/m1/s1. The Morgan fingerprint density at radius 3 is 2.50 bits per heavy atom. The van der Waals surface area contributed by atoms with Crippen molar-refractivity contribution >= 4 is 11.6 Å². The Morgan fingerprint density at radius 2 is 1.75 bits per heavy atom. The SMILES string of the molecule is C[C@@H]1C[C@@H](O)c2ccccc2N1C(=O)c1ccccc1. The zero-order valence-electron chi connectivity index (χ0n) is 11.4. The van der Waals surface area contributed by atoms with Gasteiger partial charge in [0.2, 0.25) is 0 Å². The zero-order chi connectivity index (χ0) is 14.1. The second-order valence-corrected chi connectivity index (χ2v) is 5.20. The maximum Gasteiger partial charge on any atom is 0.258 e. The molecule has 1 N–H and O–H groups in total. The lowest BCUT2D eigenvalue weighted by molar-refractivity contribution is 0.0949. The molecule has 0 saturated heterocycles. The van der Waals surface area contributed by atoms with Crippen LogP contribution in [0.1, 0.15) is 35.4 Å². The van der Waals surface area contributed by atoms with Crippen molar-refractivity contribution in [3.05, 3.63) is 65.7 Å². The third-order valence-corrected chi connectivity index (χ3v) is 3.80. The smallest absolute Gasteiger partial charge is 0.258 e. The minimum atomic E-state index is -0.499. The molecule has 0 bridgehead atoms. The lowest BCUT2D eigenvalue weighted by Crippen LogP contribution is -2.43. The average Bonchev–Trinajstić information content (AvgIpc) is 2.48. The molecule has 3 rings (SSSR count). The number of para-hydroxylation sites is 1. The van der Waals surface area contributed by atoms with E-state index in [1.165, 1.54) is 0 Å². The molecule has 0 saturated carbocycles. The fraction of sp³-hybridized carbons (Fsp3) is 0.235. The molecule has 3 nitrogen and oxygen atoms in total. The molecule has 1 amide bonds. The number of carbonyl (C=O) groups excluding carboxylic acids is 1. The van der Waals surface area contributed by atoms with Crippen LogP contribution >= 0.6 is 0 Å². The highest BCUT2D eigenvalue weighted by Gasteiger charge is 2.32. The van der Waals surface area contributed by atoms with Gasteiger partial charge in [0.1, 0.15) is 0 Å². The number of carbonyl (C=O) groups is 1. The van der Waals surface area contributed by atoms with Crippen molar-refractivity contribution in [2.24, 2.45) is 0 Å². The van der Waals surface area contributed by atoms with Crippen LogP contribution in [0.5, 0.6) is 0 Å². The van der Waals surface area contributed by atoms with Crippen molar-refractivity contribution in [2.45, 2.75) is 25.5 Å². The Morgan fingerprint density at radius 1 is 1.10 bits per heavy atom. The third-order valence-electron chi connectivity index (χ3n) is 3.80. The highest BCUT2D eigenvalue weighted by atomic mass is 16.3. The van der Waals surface area contributed by atoms with E-state index < -0.39 is 6.10 Å². The Bertz CT molecular complexity index is 624. The lowest BCUT2D eigenvalue weighted by atomic mass is 9.93. The first-order valence-corrected chi connectivity index (χ1v) is 6.84. The molecule has 1 aliphatic rings. The highest BCUT2D eigenvalue weighted by molar-refractivity contribution is 6.07. The lowest BCUT2D eigenvalue weighted by Gasteiger charge is -2.37. The maximum atomic E-state index is 12.7. The maximum absolute atomic E-state index is 12.7. The number of amides is 1. The summed E-state index contributed by atoms with van der Waals surface area (Å²) >= 11 is 0. The van der Waals surface area contributed by atoms with E-state index in [4.69, 9.17) is 0 Å². The van der Waals surface area contributed by atoms with Crippen molar-refractivity contribution < 1.29 is 9.90 Å². The van der Waals surface area contributed by atoms with Crippen LogP contribution in [0.3, 0.4) is 0 Å². The molecule has 0 spiro atoms. The van der Waals surface area contributed by atoms with Gasteiger partial charge in [0, 0.05) is 17.2 Å². The summed E-state index contributed by atoms with van der Waals surface area (Å²) in [5.74, 6) is -0.0162. The number of aliphatic hydroxyl groups is 1. The van der Waals surface area contributed by atoms with Crippen molar-refractivity contribution in [1.82, 2.24) is 0 Å². The molecule has 0 radical (unpaired) electrons. The quantitative estimate of drug-likeness (QED) is 0.862. The van der Waals surface area contributed by atoms with E-state index in [0.717, 1.165) is 11.3 Å². The number of nitrogens with zero attached hydrogens (tertiary/aromatic N) is 1. The van der Waals surface area contributed by atoms with Crippen LogP contribution in [-0.4, -0.2) is 17.1 Å². The van der Waals surface area contributed by atoms with Gasteiger partial charge >= 0.3 is 0 Å². The van der Waals surface area contributed by atoms with Crippen LogP contribution < -0.4 is 4.90 Å².